The highest BCUT2D eigenvalue weighted by Crippen LogP contribution is 2.23. The van der Waals surface area contributed by atoms with Crippen LogP contribution in [-0.2, 0) is 27.1 Å². The van der Waals surface area contributed by atoms with E-state index in [1.165, 1.54) is 22.8 Å². The molecule has 4 rings (SSSR count). The van der Waals surface area contributed by atoms with Crippen molar-refractivity contribution in [2.24, 2.45) is 5.92 Å². The quantitative estimate of drug-likeness (QED) is 0.717. The van der Waals surface area contributed by atoms with E-state index in [1.807, 2.05) is 30.3 Å². The number of carbonyl (C=O) groups is 1. The van der Waals surface area contributed by atoms with Crippen molar-refractivity contribution in [3.05, 3.63) is 65.7 Å². The SMILES string of the molecule is O=C(NCc1ccc(N2CCCC2)cc1)C1CCN(S(=O)(=O)Cc2ccccc2)CC1. The Morgan fingerprint density at radius 2 is 1.52 bits per heavy atom. The van der Waals surface area contributed by atoms with Gasteiger partial charge in [0.1, 0.15) is 0 Å². The predicted octanol–water partition coefficient (Wildman–Crippen LogP) is 3.15. The van der Waals surface area contributed by atoms with E-state index in [9.17, 15) is 13.2 Å². The number of nitrogens with zero attached hydrogens (tertiary/aromatic N) is 2. The van der Waals surface area contributed by atoms with Crippen LogP contribution in [-0.4, -0.2) is 44.8 Å². The first-order chi connectivity index (χ1) is 15.0. The van der Waals surface area contributed by atoms with Crippen molar-refractivity contribution in [1.29, 1.82) is 0 Å². The van der Waals surface area contributed by atoms with E-state index in [0.29, 0.717) is 32.5 Å². The van der Waals surface area contributed by atoms with E-state index in [1.54, 1.807) is 0 Å². The maximum absolute atomic E-state index is 12.7. The van der Waals surface area contributed by atoms with Crippen LogP contribution in [0.25, 0.3) is 0 Å². The van der Waals surface area contributed by atoms with Gasteiger partial charge >= 0.3 is 0 Å². The monoisotopic (exact) mass is 441 g/mol. The smallest absolute Gasteiger partial charge is 0.223 e. The van der Waals surface area contributed by atoms with Crippen molar-refractivity contribution in [2.45, 2.75) is 38.0 Å². The summed E-state index contributed by atoms with van der Waals surface area (Å²) in [5.74, 6) is -0.103. The summed E-state index contributed by atoms with van der Waals surface area (Å²) in [7, 11) is -3.35. The zero-order valence-corrected chi connectivity index (χ0v) is 18.7. The second-order valence-corrected chi connectivity index (χ2v) is 10.5. The summed E-state index contributed by atoms with van der Waals surface area (Å²) in [6.07, 6.45) is 3.63. The minimum Gasteiger partial charge on any atom is -0.372 e. The number of carbonyl (C=O) groups excluding carboxylic acids is 1. The van der Waals surface area contributed by atoms with Crippen molar-refractivity contribution in [3.8, 4) is 0 Å². The lowest BCUT2D eigenvalue weighted by atomic mass is 9.97. The van der Waals surface area contributed by atoms with Crippen LogP contribution in [0.15, 0.2) is 54.6 Å². The molecule has 0 atom stereocenters. The standard InChI is InChI=1S/C24H31N3O3S/c28-24(25-18-20-8-10-23(11-9-20)26-14-4-5-15-26)22-12-16-27(17-13-22)31(29,30)19-21-6-2-1-3-7-21/h1-3,6-11,22H,4-5,12-19H2,(H,25,28). The summed E-state index contributed by atoms with van der Waals surface area (Å²) in [6, 6.07) is 17.6. The third kappa shape index (κ3) is 5.66. The lowest BCUT2D eigenvalue weighted by Crippen LogP contribution is -2.43. The third-order valence-electron chi connectivity index (χ3n) is 6.28. The van der Waals surface area contributed by atoms with Crippen LogP contribution in [0.4, 0.5) is 5.69 Å². The molecule has 0 unspecified atom stereocenters. The second kappa shape index (κ2) is 9.83. The molecule has 2 aromatic carbocycles. The average Bonchev–Trinajstić information content (AvgIpc) is 3.33. The number of anilines is 1. The fourth-order valence-electron chi connectivity index (χ4n) is 4.41. The Labute approximate surface area is 185 Å². The highest BCUT2D eigenvalue weighted by atomic mass is 32.2. The second-order valence-electron chi connectivity index (χ2n) is 8.49. The Bertz CT molecular complexity index is 963. The summed E-state index contributed by atoms with van der Waals surface area (Å²) in [5.41, 5.74) is 3.12. The van der Waals surface area contributed by atoms with Gasteiger partial charge in [-0.25, -0.2) is 12.7 Å². The maximum Gasteiger partial charge on any atom is 0.223 e. The first-order valence-corrected chi connectivity index (χ1v) is 12.8. The largest absolute Gasteiger partial charge is 0.372 e. The summed E-state index contributed by atoms with van der Waals surface area (Å²) >= 11 is 0. The van der Waals surface area contributed by atoms with Crippen LogP contribution in [0, 0.1) is 5.92 Å². The summed E-state index contributed by atoms with van der Waals surface area (Å²) in [6.45, 7) is 3.55. The molecule has 6 nitrogen and oxygen atoms in total. The fourth-order valence-corrected chi connectivity index (χ4v) is 5.97. The first kappa shape index (κ1) is 21.8. The van der Waals surface area contributed by atoms with Gasteiger partial charge in [0.05, 0.1) is 5.75 Å². The van der Waals surface area contributed by atoms with Crippen LogP contribution >= 0.6 is 0 Å². The molecule has 2 fully saturated rings. The molecule has 166 valence electrons. The van der Waals surface area contributed by atoms with Gasteiger partial charge in [-0.15, -0.1) is 0 Å². The van der Waals surface area contributed by atoms with Crippen LogP contribution in [0.2, 0.25) is 0 Å². The molecule has 0 spiro atoms. The molecule has 0 bridgehead atoms. The molecule has 1 N–H and O–H groups in total. The third-order valence-corrected chi connectivity index (χ3v) is 8.13. The number of piperidine rings is 1. The van der Waals surface area contributed by atoms with Gasteiger partial charge in [0, 0.05) is 44.3 Å². The molecule has 1 amide bonds. The minimum absolute atomic E-state index is 0.0120. The molecule has 7 heteroatoms. The molecule has 2 aliphatic heterocycles. The van der Waals surface area contributed by atoms with E-state index in [0.717, 1.165) is 24.2 Å². The molecule has 31 heavy (non-hydrogen) atoms. The highest BCUT2D eigenvalue weighted by molar-refractivity contribution is 7.88. The number of hydrogen-bond acceptors (Lipinski definition) is 4. The summed E-state index contributed by atoms with van der Waals surface area (Å²) in [4.78, 5) is 15.0. The topological polar surface area (TPSA) is 69.7 Å². The number of hydrogen-bond donors (Lipinski definition) is 1. The van der Waals surface area contributed by atoms with Gasteiger partial charge < -0.3 is 10.2 Å². The van der Waals surface area contributed by atoms with Gasteiger partial charge in [-0.1, -0.05) is 42.5 Å². The molecule has 2 aromatic rings. The summed E-state index contributed by atoms with van der Waals surface area (Å²) in [5, 5.41) is 3.03. The Morgan fingerprint density at radius 3 is 2.16 bits per heavy atom. The summed E-state index contributed by atoms with van der Waals surface area (Å²) < 4.78 is 26.9. The van der Waals surface area contributed by atoms with Crippen LogP contribution in [0.1, 0.15) is 36.8 Å². The number of benzene rings is 2. The van der Waals surface area contributed by atoms with Crippen molar-refractivity contribution in [3.63, 3.8) is 0 Å². The molecule has 2 saturated heterocycles. The Kier molecular flexibility index (Phi) is 6.92. The highest BCUT2D eigenvalue weighted by Gasteiger charge is 2.31. The van der Waals surface area contributed by atoms with Crippen molar-refractivity contribution >= 4 is 21.6 Å². The molecule has 0 radical (unpaired) electrons. The van der Waals surface area contributed by atoms with E-state index in [-0.39, 0.29) is 17.6 Å². The number of nitrogens with one attached hydrogen (secondary N) is 1. The Balaban J connectivity index is 1.23. The van der Waals surface area contributed by atoms with E-state index < -0.39 is 10.0 Å². The fraction of sp³-hybridized carbons (Fsp3) is 0.458. The zero-order chi connectivity index (χ0) is 21.7. The van der Waals surface area contributed by atoms with Crippen molar-refractivity contribution < 1.29 is 13.2 Å². The van der Waals surface area contributed by atoms with E-state index in [4.69, 9.17) is 0 Å². The average molecular weight is 442 g/mol. The first-order valence-electron chi connectivity index (χ1n) is 11.1. The molecule has 0 saturated carbocycles. The number of rotatable bonds is 7. The number of amides is 1. The molecule has 0 aliphatic carbocycles. The predicted molar refractivity (Wildman–Crippen MR) is 123 cm³/mol. The van der Waals surface area contributed by atoms with Gasteiger partial charge in [0.15, 0.2) is 0 Å². The van der Waals surface area contributed by atoms with E-state index >= 15 is 0 Å². The molecular formula is C24H31N3O3S. The van der Waals surface area contributed by atoms with Crippen molar-refractivity contribution in [1.82, 2.24) is 9.62 Å². The number of sulfonamides is 1. The Morgan fingerprint density at radius 1 is 0.871 bits per heavy atom. The molecule has 2 aliphatic rings. The molecular weight excluding hydrogens is 410 g/mol. The van der Waals surface area contributed by atoms with Crippen LogP contribution < -0.4 is 10.2 Å². The Hall–Kier alpha value is -2.38. The van der Waals surface area contributed by atoms with Gasteiger partial charge in [-0.2, -0.15) is 0 Å². The molecule has 0 aromatic heterocycles. The lowest BCUT2D eigenvalue weighted by molar-refractivity contribution is -0.126. The lowest BCUT2D eigenvalue weighted by Gasteiger charge is -2.30. The van der Waals surface area contributed by atoms with Gasteiger partial charge in [-0.05, 0) is 48.9 Å². The minimum atomic E-state index is -3.35. The molecule has 2 heterocycles. The zero-order valence-electron chi connectivity index (χ0n) is 17.9. The normalized spacial score (nSPS) is 18.3. The van der Waals surface area contributed by atoms with Gasteiger partial charge in [0.2, 0.25) is 15.9 Å². The van der Waals surface area contributed by atoms with Gasteiger partial charge in [-0.3, -0.25) is 4.79 Å². The van der Waals surface area contributed by atoms with Crippen molar-refractivity contribution in [2.75, 3.05) is 31.1 Å². The van der Waals surface area contributed by atoms with Crippen LogP contribution in [0.5, 0.6) is 0 Å². The van der Waals surface area contributed by atoms with E-state index in [2.05, 4.69) is 34.5 Å². The van der Waals surface area contributed by atoms with Gasteiger partial charge in [0.25, 0.3) is 0 Å². The van der Waals surface area contributed by atoms with Crippen LogP contribution in [0.3, 0.4) is 0 Å². The maximum atomic E-state index is 12.7.